The zero-order chi connectivity index (χ0) is 24.0. The maximum Gasteiger partial charge on any atom is 0.340 e. The van der Waals surface area contributed by atoms with Crippen LogP contribution in [0.2, 0.25) is 0 Å². The molecule has 2 amide bonds. The topological polar surface area (TPSA) is 155 Å². The number of anilines is 1. The third-order valence-electron chi connectivity index (χ3n) is 4.22. The minimum Gasteiger partial charge on any atom is -0.449 e. The second-order valence-electron chi connectivity index (χ2n) is 6.63. The van der Waals surface area contributed by atoms with E-state index >= 15 is 0 Å². The maximum atomic E-state index is 12.6. The summed E-state index contributed by atoms with van der Waals surface area (Å²) in [7, 11) is 0. The summed E-state index contributed by atoms with van der Waals surface area (Å²) in [6.07, 6.45) is -1.13. The molecule has 33 heavy (non-hydrogen) atoms. The average molecular weight is 487 g/mol. The number of nitro benzene ring substituents is 1. The molecule has 3 aromatic rings. The van der Waals surface area contributed by atoms with E-state index in [-0.39, 0.29) is 22.1 Å². The van der Waals surface area contributed by atoms with Gasteiger partial charge in [-0.25, -0.2) is 9.78 Å². The van der Waals surface area contributed by atoms with Crippen molar-refractivity contribution < 1.29 is 24.0 Å². The second-order valence-corrected chi connectivity index (χ2v) is 8.51. The van der Waals surface area contributed by atoms with Gasteiger partial charge in [0.05, 0.1) is 21.9 Å². The average Bonchev–Trinajstić information content (AvgIpc) is 3.26. The zero-order valence-corrected chi connectivity index (χ0v) is 18.9. The molecule has 0 aliphatic rings. The van der Waals surface area contributed by atoms with Crippen molar-refractivity contribution in [2.45, 2.75) is 17.9 Å². The van der Waals surface area contributed by atoms with Crippen LogP contribution in [-0.4, -0.2) is 39.5 Å². The third-order valence-corrected chi connectivity index (χ3v) is 6.07. The molecular formula is C21H18N4O6S2. The Balaban J connectivity index is 1.64. The largest absolute Gasteiger partial charge is 0.449 e. The molecule has 3 rings (SSSR count). The van der Waals surface area contributed by atoms with Crippen molar-refractivity contribution in [1.29, 1.82) is 0 Å². The Labute approximate surface area is 196 Å². The second kappa shape index (κ2) is 10.7. The lowest BCUT2D eigenvalue weighted by molar-refractivity contribution is -0.384. The van der Waals surface area contributed by atoms with Crippen LogP contribution in [0.1, 0.15) is 17.3 Å². The Morgan fingerprint density at radius 3 is 2.73 bits per heavy atom. The number of rotatable bonds is 9. The van der Waals surface area contributed by atoms with Crippen molar-refractivity contribution in [3.8, 4) is 11.3 Å². The number of thiazole rings is 1. The molecule has 0 spiro atoms. The highest BCUT2D eigenvalue weighted by atomic mass is 32.2. The lowest BCUT2D eigenvalue weighted by Gasteiger charge is -2.14. The van der Waals surface area contributed by atoms with Gasteiger partial charge in [-0.3, -0.25) is 25.0 Å². The van der Waals surface area contributed by atoms with Gasteiger partial charge >= 0.3 is 5.97 Å². The molecular weight excluding hydrogens is 468 g/mol. The Morgan fingerprint density at radius 2 is 2.00 bits per heavy atom. The van der Waals surface area contributed by atoms with Crippen molar-refractivity contribution in [3.05, 3.63) is 69.6 Å². The summed E-state index contributed by atoms with van der Waals surface area (Å²) in [5, 5.41) is 15.4. The third kappa shape index (κ3) is 6.37. The number of nitrogens with zero attached hydrogens (tertiary/aromatic N) is 2. The zero-order valence-electron chi connectivity index (χ0n) is 17.2. The number of nitrogens with two attached hydrogens (primary N) is 1. The molecule has 0 aliphatic heterocycles. The number of nitro groups is 1. The van der Waals surface area contributed by atoms with Gasteiger partial charge in [0.1, 0.15) is 0 Å². The van der Waals surface area contributed by atoms with Gasteiger partial charge in [0, 0.05) is 28.0 Å². The number of esters is 1. The predicted octanol–water partition coefficient (Wildman–Crippen LogP) is 3.48. The Morgan fingerprint density at radius 1 is 1.24 bits per heavy atom. The first kappa shape index (κ1) is 23.9. The molecule has 0 fully saturated rings. The molecule has 0 saturated heterocycles. The number of ether oxygens (including phenoxy) is 1. The number of nitrogens with one attached hydrogen (secondary N) is 1. The number of amides is 2. The highest BCUT2D eigenvalue weighted by Crippen LogP contribution is 2.28. The fraction of sp³-hybridized carbons (Fsp3) is 0.143. The first-order chi connectivity index (χ1) is 15.7. The molecule has 0 radical (unpaired) electrons. The molecule has 3 N–H and O–H groups in total. The monoisotopic (exact) mass is 486 g/mol. The van der Waals surface area contributed by atoms with Crippen LogP contribution in [0.4, 0.5) is 10.8 Å². The quantitative estimate of drug-likeness (QED) is 0.202. The molecule has 0 aliphatic carbocycles. The Bertz CT molecular complexity index is 1210. The van der Waals surface area contributed by atoms with Crippen LogP contribution in [0.5, 0.6) is 0 Å². The van der Waals surface area contributed by atoms with E-state index in [1.54, 1.807) is 35.7 Å². The van der Waals surface area contributed by atoms with Gasteiger partial charge in [-0.1, -0.05) is 24.3 Å². The van der Waals surface area contributed by atoms with Crippen molar-refractivity contribution in [2.75, 3.05) is 11.1 Å². The van der Waals surface area contributed by atoms with E-state index in [0.717, 1.165) is 23.1 Å². The number of hydrogen-bond acceptors (Lipinski definition) is 9. The van der Waals surface area contributed by atoms with Crippen LogP contribution in [0.15, 0.2) is 58.8 Å². The summed E-state index contributed by atoms with van der Waals surface area (Å²) in [5.41, 5.74) is 6.30. The van der Waals surface area contributed by atoms with Crippen LogP contribution in [-0.2, 0) is 14.3 Å². The standard InChI is InChI=1S/C21H18N4O6S2/c1-12(31-20(28)15-7-2-3-8-17(15)32-11-18(22)26)19(27)24-21-23-16(10-33-21)13-5-4-6-14(9-13)25(29)30/h2-10,12H,11H2,1H3,(H2,22,26)(H,23,24,27). The van der Waals surface area contributed by atoms with Gasteiger partial charge in [0.2, 0.25) is 5.91 Å². The normalized spacial score (nSPS) is 11.4. The van der Waals surface area contributed by atoms with Crippen molar-refractivity contribution in [2.24, 2.45) is 5.73 Å². The number of primary amides is 1. The molecule has 10 nitrogen and oxygen atoms in total. The minimum absolute atomic E-state index is 0.00269. The number of non-ortho nitro benzene ring substituents is 1. The van der Waals surface area contributed by atoms with E-state index in [4.69, 9.17) is 10.5 Å². The van der Waals surface area contributed by atoms with Crippen LogP contribution in [0, 0.1) is 10.1 Å². The lowest BCUT2D eigenvalue weighted by Crippen LogP contribution is -2.30. The molecule has 0 bridgehead atoms. The highest BCUT2D eigenvalue weighted by Gasteiger charge is 2.22. The summed E-state index contributed by atoms with van der Waals surface area (Å²) in [4.78, 5) is 51.3. The van der Waals surface area contributed by atoms with Gasteiger partial charge in [0.25, 0.3) is 11.6 Å². The van der Waals surface area contributed by atoms with Crippen LogP contribution in [0.25, 0.3) is 11.3 Å². The lowest BCUT2D eigenvalue weighted by atomic mass is 10.1. The molecule has 0 saturated carbocycles. The van der Waals surface area contributed by atoms with Crippen LogP contribution < -0.4 is 11.1 Å². The summed E-state index contributed by atoms with van der Waals surface area (Å²) in [6.45, 7) is 1.42. The van der Waals surface area contributed by atoms with Gasteiger partial charge in [-0.15, -0.1) is 23.1 Å². The van der Waals surface area contributed by atoms with Crippen LogP contribution in [0.3, 0.4) is 0 Å². The first-order valence-corrected chi connectivity index (χ1v) is 11.3. The van der Waals surface area contributed by atoms with Gasteiger partial charge in [0.15, 0.2) is 11.2 Å². The molecule has 170 valence electrons. The van der Waals surface area contributed by atoms with Gasteiger partial charge < -0.3 is 10.5 Å². The van der Waals surface area contributed by atoms with Gasteiger partial charge in [-0.05, 0) is 19.1 Å². The Hall–Kier alpha value is -3.77. The van der Waals surface area contributed by atoms with E-state index in [1.165, 1.54) is 25.1 Å². The number of carbonyl (C=O) groups is 3. The number of thioether (sulfide) groups is 1. The summed E-state index contributed by atoms with van der Waals surface area (Å²) in [6, 6.07) is 12.5. The van der Waals surface area contributed by atoms with E-state index < -0.39 is 28.8 Å². The molecule has 1 heterocycles. The molecule has 2 aromatic carbocycles. The number of aromatic nitrogens is 1. The molecule has 1 unspecified atom stereocenters. The minimum atomic E-state index is -1.13. The van der Waals surface area contributed by atoms with Crippen molar-refractivity contribution in [1.82, 2.24) is 4.98 Å². The summed E-state index contributed by atoms with van der Waals surface area (Å²) < 4.78 is 5.27. The van der Waals surface area contributed by atoms with Gasteiger partial charge in [-0.2, -0.15) is 0 Å². The highest BCUT2D eigenvalue weighted by molar-refractivity contribution is 8.00. The van der Waals surface area contributed by atoms with E-state index in [9.17, 15) is 24.5 Å². The molecule has 1 aromatic heterocycles. The number of carbonyl (C=O) groups excluding carboxylic acids is 3. The fourth-order valence-corrected chi connectivity index (χ4v) is 4.14. The van der Waals surface area contributed by atoms with Crippen LogP contribution >= 0.6 is 23.1 Å². The maximum absolute atomic E-state index is 12.6. The fourth-order valence-electron chi connectivity index (χ4n) is 2.64. The summed E-state index contributed by atoms with van der Waals surface area (Å²) >= 11 is 2.23. The van der Waals surface area contributed by atoms with E-state index in [0.29, 0.717) is 16.2 Å². The number of benzene rings is 2. The molecule has 12 heteroatoms. The summed E-state index contributed by atoms with van der Waals surface area (Å²) in [5.74, 6) is -1.84. The van der Waals surface area contributed by atoms with Crippen molar-refractivity contribution in [3.63, 3.8) is 0 Å². The number of hydrogen-bond donors (Lipinski definition) is 2. The SMILES string of the molecule is CC(OC(=O)c1ccccc1SCC(N)=O)C(=O)Nc1nc(-c2cccc([N+](=O)[O-])c2)cs1. The Kier molecular flexibility index (Phi) is 7.74. The first-order valence-electron chi connectivity index (χ1n) is 9.47. The molecule has 1 atom stereocenters. The predicted molar refractivity (Wildman–Crippen MR) is 124 cm³/mol. The van der Waals surface area contributed by atoms with Crippen molar-refractivity contribution >= 4 is 51.7 Å². The van der Waals surface area contributed by atoms with E-state index in [2.05, 4.69) is 10.3 Å². The van der Waals surface area contributed by atoms with E-state index in [1.807, 2.05) is 0 Å². The smallest absolute Gasteiger partial charge is 0.340 e.